The predicted octanol–water partition coefficient (Wildman–Crippen LogP) is 3.36. The van der Waals surface area contributed by atoms with Gasteiger partial charge in [-0.1, -0.05) is 6.07 Å². The molecule has 0 bridgehead atoms. The number of carbonyl (C=O) groups is 1. The van der Waals surface area contributed by atoms with Crippen LogP contribution < -0.4 is 10.2 Å². The fourth-order valence-corrected chi connectivity index (χ4v) is 4.28. The number of aromatic nitrogens is 2. The molecule has 4 rings (SSSR count). The van der Waals surface area contributed by atoms with E-state index in [-0.39, 0.29) is 5.91 Å². The maximum atomic E-state index is 12.6. The van der Waals surface area contributed by atoms with Crippen molar-refractivity contribution < 1.29 is 9.53 Å². The maximum absolute atomic E-state index is 12.6. The van der Waals surface area contributed by atoms with Crippen LogP contribution >= 0.6 is 22.7 Å². The molecule has 0 aromatic carbocycles. The summed E-state index contributed by atoms with van der Waals surface area (Å²) in [5.41, 5.74) is 1.85. The fraction of sp³-hybridized carbons (Fsp3) is 0.235. The minimum absolute atomic E-state index is 0.142. The van der Waals surface area contributed by atoms with Crippen molar-refractivity contribution in [3.05, 3.63) is 46.9 Å². The third-order valence-corrected chi connectivity index (χ3v) is 5.71. The number of thiophene rings is 1. The molecule has 1 aliphatic heterocycles. The Morgan fingerprint density at radius 1 is 1.20 bits per heavy atom. The van der Waals surface area contributed by atoms with Gasteiger partial charge in [0.05, 0.1) is 23.8 Å². The van der Waals surface area contributed by atoms with E-state index in [2.05, 4.69) is 20.2 Å². The van der Waals surface area contributed by atoms with Crippen molar-refractivity contribution in [2.45, 2.75) is 0 Å². The van der Waals surface area contributed by atoms with Crippen LogP contribution in [0.15, 0.2) is 42.0 Å². The molecule has 1 N–H and O–H groups in total. The molecule has 25 heavy (non-hydrogen) atoms. The van der Waals surface area contributed by atoms with Gasteiger partial charge >= 0.3 is 0 Å². The molecule has 1 aliphatic rings. The van der Waals surface area contributed by atoms with Gasteiger partial charge in [0.15, 0.2) is 5.13 Å². The molecule has 1 saturated heterocycles. The van der Waals surface area contributed by atoms with Gasteiger partial charge in [0.2, 0.25) is 0 Å². The molecular weight excluding hydrogens is 356 g/mol. The highest BCUT2D eigenvalue weighted by atomic mass is 32.1. The van der Waals surface area contributed by atoms with E-state index in [9.17, 15) is 4.79 Å². The average Bonchev–Trinajstić information content (AvgIpc) is 3.33. The van der Waals surface area contributed by atoms with Crippen LogP contribution in [-0.4, -0.2) is 42.2 Å². The molecule has 0 radical (unpaired) electrons. The summed E-state index contributed by atoms with van der Waals surface area (Å²) in [5, 5.41) is 6.35. The fourth-order valence-electron chi connectivity index (χ4n) is 2.64. The number of carbonyl (C=O) groups excluding carboxylic acids is 1. The van der Waals surface area contributed by atoms with E-state index in [1.165, 1.54) is 22.7 Å². The minimum Gasteiger partial charge on any atom is -0.378 e. The van der Waals surface area contributed by atoms with Crippen LogP contribution in [0.4, 0.5) is 10.1 Å². The monoisotopic (exact) mass is 372 g/mol. The lowest BCUT2D eigenvalue weighted by atomic mass is 10.2. The lowest BCUT2D eigenvalue weighted by Gasteiger charge is -2.28. The molecular formula is C17H16N4O2S2. The first-order chi connectivity index (χ1) is 12.3. The highest BCUT2D eigenvalue weighted by Crippen LogP contribution is 2.38. The second-order valence-corrected chi connectivity index (χ2v) is 7.36. The van der Waals surface area contributed by atoms with Crippen LogP contribution in [0.3, 0.4) is 0 Å². The number of nitrogens with one attached hydrogen (secondary N) is 1. The van der Waals surface area contributed by atoms with Crippen LogP contribution in [-0.2, 0) is 4.74 Å². The number of thiazole rings is 1. The van der Waals surface area contributed by atoms with Crippen molar-refractivity contribution in [3.63, 3.8) is 0 Å². The summed E-state index contributed by atoms with van der Waals surface area (Å²) in [5.74, 6) is -0.142. The Kier molecular flexibility index (Phi) is 4.73. The van der Waals surface area contributed by atoms with Crippen molar-refractivity contribution in [1.29, 1.82) is 0 Å². The summed E-state index contributed by atoms with van der Waals surface area (Å²) in [6.07, 6.45) is 3.44. The first kappa shape index (κ1) is 16.2. The molecule has 4 heterocycles. The molecule has 0 aliphatic carbocycles. The van der Waals surface area contributed by atoms with Gasteiger partial charge in [-0.25, -0.2) is 4.98 Å². The summed E-state index contributed by atoms with van der Waals surface area (Å²) >= 11 is 2.89. The number of rotatable bonds is 4. The highest BCUT2D eigenvalue weighted by molar-refractivity contribution is 7.19. The number of hydrogen-bond acceptors (Lipinski definition) is 7. The van der Waals surface area contributed by atoms with Gasteiger partial charge in [-0.15, -0.1) is 22.7 Å². The molecule has 128 valence electrons. The first-order valence-electron chi connectivity index (χ1n) is 7.90. The smallest absolute Gasteiger partial charge is 0.267 e. The van der Waals surface area contributed by atoms with Crippen molar-refractivity contribution >= 4 is 38.7 Å². The topological polar surface area (TPSA) is 67.4 Å². The number of pyridine rings is 1. The van der Waals surface area contributed by atoms with Crippen LogP contribution in [0.2, 0.25) is 0 Å². The number of nitrogens with zero attached hydrogens (tertiary/aromatic N) is 3. The molecule has 1 fully saturated rings. The van der Waals surface area contributed by atoms with Crippen LogP contribution in [0, 0.1) is 0 Å². The Labute approximate surface area is 153 Å². The molecule has 0 atom stereocenters. The molecule has 1 amide bonds. The Morgan fingerprint density at radius 3 is 2.80 bits per heavy atom. The minimum atomic E-state index is -0.142. The summed E-state index contributed by atoms with van der Waals surface area (Å²) in [7, 11) is 0. The number of ether oxygens (including phenoxy) is 1. The number of anilines is 2. The average molecular weight is 372 g/mol. The van der Waals surface area contributed by atoms with Gasteiger partial charge in [0.25, 0.3) is 5.91 Å². The van der Waals surface area contributed by atoms with Crippen LogP contribution in [0.5, 0.6) is 0 Å². The van der Waals surface area contributed by atoms with Crippen molar-refractivity contribution in [3.8, 4) is 11.3 Å². The van der Waals surface area contributed by atoms with Gasteiger partial charge in [-0.3, -0.25) is 15.1 Å². The van der Waals surface area contributed by atoms with E-state index >= 15 is 0 Å². The molecule has 0 spiro atoms. The summed E-state index contributed by atoms with van der Waals surface area (Å²) < 4.78 is 5.45. The van der Waals surface area contributed by atoms with E-state index in [1.54, 1.807) is 12.4 Å². The number of hydrogen-bond donors (Lipinski definition) is 1. The summed E-state index contributed by atoms with van der Waals surface area (Å²) in [6.45, 7) is 3.02. The Hall–Kier alpha value is -2.29. The zero-order valence-electron chi connectivity index (χ0n) is 13.3. The van der Waals surface area contributed by atoms with Gasteiger partial charge in [0.1, 0.15) is 5.00 Å². The molecule has 8 heteroatoms. The van der Waals surface area contributed by atoms with E-state index < -0.39 is 0 Å². The first-order valence-corrected chi connectivity index (χ1v) is 9.59. The quantitative estimate of drug-likeness (QED) is 0.761. The maximum Gasteiger partial charge on any atom is 0.267 e. The van der Waals surface area contributed by atoms with Crippen LogP contribution in [0.25, 0.3) is 11.3 Å². The summed E-state index contributed by atoms with van der Waals surface area (Å²) in [6, 6.07) is 7.73. The SMILES string of the molecule is O=C(Nc1nccs1)c1cc(-c2ccccn2)c(N2CCOCC2)s1. The van der Waals surface area contributed by atoms with Crippen molar-refractivity contribution in [1.82, 2.24) is 9.97 Å². The standard InChI is InChI=1S/C17H16N4O2S2/c22-15(20-17-19-5-10-24-17)14-11-12(13-3-1-2-4-18-13)16(25-14)21-6-8-23-9-7-21/h1-5,10-11H,6-9H2,(H,19,20,22). The lowest BCUT2D eigenvalue weighted by molar-refractivity contribution is 0.103. The second-order valence-electron chi connectivity index (χ2n) is 5.44. The highest BCUT2D eigenvalue weighted by Gasteiger charge is 2.22. The van der Waals surface area contributed by atoms with Crippen molar-refractivity contribution in [2.24, 2.45) is 0 Å². The van der Waals surface area contributed by atoms with Gasteiger partial charge < -0.3 is 9.64 Å². The Morgan fingerprint density at radius 2 is 2.08 bits per heavy atom. The molecule has 6 nitrogen and oxygen atoms in total. The molecule has 3 aromatic heterocycles. The van der Waals surface area contributed by atoms with Crippen molar-refractivity contribution in [2.75, 3.05) is 36.5 Å². The van der Waals surface area contributed by atoms with Gasteiger partial charge in [0, 0.05) is 36.4 Å². The van der Waals surface area contributed by atoms with Gasteiger partial charge in [-0.2, -0.15) is 0 Å². The van der Waals surface area contributed by atoms with E-state index in [0.29, 0.717) is 23.2 Å². The van der Waals surface area contributed by atoms with E-state index in [1.807, 2.05) is 29.6 Å². The Bertz CT molecular complexity index is 843. The third-order valence-electron chi connectivity index (χ3n) is 3.83. The number of morpholine rings is 1. The normalized spacial score (nSPS) is 14.5. The predicted molar refractivity (Wildman–Crippen MR) is 101 cm³/mol. The van der Waals surface area contributed by atoms with Gasteiger partial charge in [-0.05, 0) is 18.2 Å². The van der Waals surface area contributed by atoms with E-state index in [4.69, 9.17) is 4.74 Å². The largest absolute Gasteiger partial charge is 0.378 e. The van der Waals surface area contributed by atoms with E-state index in [0.717, 1.165) is 29.3 Å². The summed E-state index contributed by atoms with van der Waals surface area (Å²) in [4.78, 5) is 24.1. The zero-order valence-corrected chi connectivity index (χ0v) is 15.0. The molecule has 3 aromatic rings. The van der Waals surface area contributed by atoms with Crippen LogP contribution in [0.1, 0.15) is 9.67 Å². The Balaban J connectivity index is 1.68. The molecule has 0 saturated carbocycles. The zero-order chi connectivity index (χ0) is 17.1. The third kappa shape index (κ3) is 3.55. The lowest BCUT2D eigenvalue weighted by Crippen LogP contribution is -2.35. The molecule has 0 unspecified atom stereocenters. The second kappa shape index (κ2) is 7.30. The number of amides is 1.